The van der Waals surface area contributed by atoms with Gasteiger partial charge in [-0.2, -0.15) is 5.10 Å². The van der Waals surface area contributed by atoms with Gasteiger partial charge in [0.1, 0.15) is 5.75 Å². The second-order valence-electron chi connectivity index (χ2n) is 6.05. The zero-order valence-corrected chi connectivity index (χ0v) is 15.4. The lowest BCUT2D eigenvalue weighted by Crippen LogP contribution is -2.19. The van der Waals surface area contributed by atoms with Crippen molar-refractivity contribution in [2.24, 2.45) is 5.10 Å². The SMILES string of the molecule is CCCCCCCCCC(=O)NN=C(CC)c1ccc(OC)cc1. The van der Waals surface area contributed by atoms with Crippen molar-refractivity contribution in [1.82, 2.24) is 5.43 Å². The molecule has 24 heavy (non-hydrogen) atoms. The minimum Gasteiger partial charge on any atom is -0.497 e. The highest BCUT2D eigenvalue weighted by molar-refractivity contribution is 6.00. The Labute approximate surface area is 146 Å². The smallest absolute Gasteiger partial charge is 0.240 e. The highest BCUT2D eigenvalue weighted by Gasteiger charge is 2.04. The van der Waals surface area contributed by atoms with Crippen LogP contribution in [-0.4, -0.2) is 18.7 Å². The van der Waals surface area contributed by atoms with Gasteiger partial charge in [0.15, 0.2) is 0 Å². The molecule has 4 nitrogen and oxygen atoms in total. The van der Waals surface area contributed by atoms with Gasteiger partial charge in [-0.1, -0.05) is 52.4 Å². The van der Waals surface area contributed by atoms with Gasteiger partial charge >= 0.3 is 0 Å². The van der Waals surface area contributed by atoms with E-state index in [1.807, 2.05) is 31.2 Å². The average Bonchev–Trinajstić information content (AvgIpc) is 2.62. The second-order valence-corrected chi connectivity index (χ2v) is 6.05. The fourth-order valence-electron chi connectivity index (χ4n) is 2.56. The Balaban J connectivity index is 2.32. The molecule has 0 spiro atoms. The normalized spacial score (nSPS) is 11.4. The predicted molar refractivity (Wildman–Crippen MR) is 101 cm³/mol. The van der Waals surface area contributed by atoms with Crippen LogP contribution in [0.3, 0.4) is 0 Å². The number of nitrogens with one attached hydrogen (secondary N) is 1. The third kappa shape index (κ3) is 8.14. The maximum atomic E-state index is 11.9. The quantitative estimate of drug-likeness (QED) is 0.330. The summed E-state index contributed by atoms with van der Waals surface area (Å²) in [5, 5.41) is 4.28. The molecule has 0 radical (unpaired) electrons. The van der Waals surface area contributed by atoms with Crippen LogP contribution >= 0.6 is 0 Å². The van der Waals surface area contributed by atoms with Gasteiger partial charge in [0.2, 0.25) is 5.91 Å². The van der Waals surface area contributed by atoms with Crippen LogP contribution < -0.4 is 10.2 Å². The van der Waals surface area contributed by atoms with Crippen LogP contribution in [0.1, 0.15) is 77.2 Å². The van der Waals surface area contributed by atoms with Crippen LogP contribution in [0.5, 0.6) is 5.75 Å². The molecule has 1 amide bonds. The van der Waals surface area contributed by atoms with Crippen molar-refractivity contribution in [3.8, 4) is 5.75 Å². The number of rotatable bonds is 12. The van der Waals surface area contributed by atoms with E-state index < -0.39 is 0 Å². The largest absolute Gasteiger partial charge is 0.497 e. The van der Waals surface area contributed by atoms with Gasteiger partial charge in [0.05, 0.1) is 12.8 Å². The standard InChI is InChI=1S/C20H32N2O2/c1-4-6-7-8-9-10-11-12-20(23)22-21-19(5-2)17-13-15-18(24-3)16-14-17/h13-16H,4-12H2,1-3H3,(H,22,23). The number of carbonyl (C=O) groups excluding carboxylic acids is 1. The summed E-state index contributed by atoms with van der Waals surface area (Å²) in [6.45, 7) is 4.26. The summed E-state index contributed by atoms with van der Waals surface area (Å²) in [6, 6.07) is 7.73. The topological polar surface area (TPSA) is 50.7 Å². The Morgan fingerprint density at radius 2 is 1.62 bits per heavy atom. The molecule has 1 N–H and O–H groups in total. The summed E-state index contributed by atoms with van der Waals surface area (Å²) < 4.78 is 5.16. The zero-order chi connectivity index (χ0) is 17.6. The van der Waals surface area contributed by atoms with Gasteiger partial charge in [0, 0.05) is 6.42 Å². The Morgan fingerprint density at radius 1 is 1.00 bits per heavy atom. The van der Waals surface area contributed by atoms with Gasteiger partial charge in [-0.3, -0.25) is 4.79 Å². The van der Waals surface area contributed by atoms with Gasteiger partial charge in [-0.05, 0) is 42.7 Å². The van der Waals surface area contributed by atoms with Crippen LogP contribution in [0.4, 0.5) is 0 Å². The summed E-state index contributed by atoms with van der Waals surface area (Å²) in [5.74, 6) is 0.820. The molecule has 0 aromatic heterocycles. The van der Waals surface area contributed by atoms with E-state index in [1.54, 1.807) is 7.11 Å². The Morgan fingerprint density at radius 3 is 2.21 bits per heavy atom. The molecule has 0 unspecified atom stereocenters. The average molecular weight is 332 g/mol. The number of carbonyl (C=O) groups is 1. The number of methoxy groups -OCH3 is 1. The molecule has 1 aromatic carbocycles. The van der Waals surface area contributed by atoms with E-state index in [-0.39, 0.29) is 5.91 Å². The molecule has 1 rings (SSSR count). The fraction of sp³-hybridized carbons (Fsp3) is 0.600. The molecule has 0 aliphatic rings. The molecule has 1 aromatic rings. The molecule has 0 saturated carbocycles. The van der Waals surface area contributed by atoms with Crippen LogP contribution in [-0.2, 0) is 4.79 Å². The van der Waals surface area contributed by atoms with Gasteiger partial charge in [-0.15, -0.1) is 0 Å². The van der Waals surface area contributed by atoms with Crippen LogP contribution in [0.15, 0.2) is 29.4 Å². The van der Waals surface area contributed by atoms with Gasteiger partial charge in [-0.25, -0.2) is 5.43 Å². The van der Waals surface area contributed by atoms with E-state index in [2.05, 4.69) is 17.5 Å². The van der Waals surface area contributed by atoms with Crippen LogP contribution in [0.25, 0.3) is 0 Å². The number of benzene rings is 1. The summed E-state index contributed by atoms with van der Waals surface area (Å²) in [6.07, 6.45) is 9.80. The molecular formula is C20H32N2O2. The molecule has 0 bridgehead atoms. The van der Waals surface area contributed by atoms with Crippen molar-refractivity contribution in [2.75, 3.05) is 7.11 Å². The van der Waals surface area contributed by atoms with Crippen molar-refractivity contribution in [3.05, 3.63) is 29.8 Å². The molecular weight excluding hydrogens is 300 g/mol. The summed E-state index contributed by atoms with van der Waals surface area (Å²) in [4.78, 5) is 11.9. The van der Waals surface area contributed by atoms with E-state index in [4.69, 9.17) is 4.74 Å². The van der Waals surface area contributed by atoms with Crippen molar-refractivity contribution in [1.29, 1.82) is 0 Å². The molecule has 0 aliphatic carbocycles. The maximum absolute atomic E-state index is 11.9. The Bertz CT molecular complexity index is 495. The number of hydrogen-bond donors (Lipinski definition) is 1. The van der Waals surface area contributed by atoms with Crippen molar-refractivity contribution >= 4 is 11.6 Å². The van der Waals surface area contributed by atoms with Crippen LogP contribution in [0, 0.1) is 0 Å². The van der Waals surface area contributed by atoms with E-state index in [1.165, 1.54) is 32.1 Å². The molecule has 0 saturated heterocycles. The van der Waals surface area contributed by atoms with Crippen molar-refractivity contribution < 1.29 is 9.53 Å². The number of hydrogen-bond acceptors (Lipinski definition) is 3. The molecule has 0 atom stereocenters. The molecule has 0 heterocycles. The summed E-state index contributed by atoms with van der Waals surface area (Å²) >= 11 is 0. The third-order valence-electron chi connectivity index (χ3n) is 4.08. The highest BCUT2D eigenvalue weighted by atomic mass is 16.5. The first-order chi connectivity index (χ1) is 11.7. The van der Waals surface area contributed by atoms with Gasteiger partial charge in [0.25, 0.3) is 0 Å². The lowest BCUT2D eigenvalue weighted by Gasteiger charge is -2.06. The number of ether oxygens (including phenoxy) is 1. The van der Waals surface area contributed by atoms with E-state index in [0.717, 1.165) is 36.3 Å². The molecule has 0 aliphatic heterocycles. The van der Waals surface area contributed by atoms with E-state index in [9.17, 15) is 4.79 Å². The van der Waals surface area contributed by atoms with E-state index in [0.29, 0.717) is 6.42 Å². The number of nitrogens with zero attached hydrogens (tertiary/aromatic N) is 1. The van der Waals surface area contributed by atoms with Crippen molar-refractivity contribution in [3.63, 3.8) is 0 Å². The second kappa shape index (κ2) is 12.6. The Hall–Kier alpha value is -1.84. The zero-order valence-electron chi connectivity index (χ0n) is 15.4. The fourth-order valence-corrected chi connectivity index (χ4v) is 2.56. The molecule has 0 fully saturated rings. The highest BCUT2D eigenvalue weighted by Crippen LogP contribution is 2.13. The third-order valence-corrected chi connectivity index (χ3v) is 4.08. The predicted octanol–water partition coefficient (Wildman–Crippen LogP) is 5.07. The summed E-state index contributed by atoms with van der Waals surface area (Å²) in [7, 11) is 1.65. The summed E-state index contributed by atoms with van der Waals surface area (Å²) in [5.41, 5.74) is 4.58. The minimum absolute atomic E-state index is 0.00280. The number of hydrazone groups is 1. The van der Waals surface area contributed by atoms with Gasteiger partial charge < -0.3 is 4.74 Å². The monoisotopic (exact) mass is 332 g/mol. The van der Waals surface area contributed by atoms with E-state index >= 15 is 0 Å². The first kappa shape index (κ1) is 20.2. The lowest BCUT2D eigenvalue weighted by atomic mass is 10.1. The first-order valence-corrected chi connectivity index (χ1v) is 9.21. The van der Waals surface area contributed by atoms with Crippen molar-refractivity contribution in [2.45, 2.75) is 71.6 Å². The Kier molecular flexibility index (Phi) is 10.6. The van der Waals surface area contributed by atoms with Crippen LogP contribution in [0.2, 0.25) is 0 Å². The maximum Gasteiger partial charge on any atom is 0.240 e. The molecule has 134 valence electrons. The first-order valence-electron chi connectivity index (χ1n) is 9.21. The number of amides is 1. The molecule has 4 heteroatoms. The number of unbranched alkanes of at least 4 members (excludes halogenated alkanes) is 6. The minimum atomic E-state index is 0.00280. The lowest BCUT2D eigenvalue weighted by molar-refractivity contribution is -0.121.